The second-order valence-electron chi connectivity index (χ2n) is 5.64. The van der Waals surface area contributed by atoms with Crippen LogP contribution in [0.4, 0.5) is 0 Å². The van der Waals surface area contributed by atoms with Crippen LogP contribution in [0, 0.1) is 5.41 Å². The highest BCUT2D eigenvalue weighted by molar-refractivity contribution is 5.24. The molecule has 2 rings (SSSR count). The molecule has 0 bridgehead atoms. The molecule has 0 amide bonds. The van der Waals surface area contributed by atoms with Crippen molar-refractivity contribution >= 4 is 0 Å². The van der Waals surface area contributed by atoms with Crippen LogP contribution in [0.15, 0.2) is 24.3 Å². The average molecular weight is 231 g/mol. The largest absolute Gasteiger partial charge is 0.313 e. The molecule has 1 aliphatic carbocycles. The standard InChI is InChI=1S/C16H25N/c1-4-13-6-8-14(9-7-13)12-15(17-5-2)16(3)10-11-16/h6-9,15,17H,4-5,10-12H2,1-3H3. The second-order valence-corrected chi connectivity index (χ2v) is 5.64. The third-order valence-electron chi connectivity index (χ3n) is 4.20. The van der Waals surface area contributed by atoms with E-state index >= 15 is 0 Å². The van der Waals surface area contributed by atoms with Crippen LogP contribution < -0.4 is 5.32 Å². The van der Waals surface area contributed by atoms with Crippen LogP contribution >= 0.6 is 0 Å². The van der Waals surface area contributed by atoms with Gasteiger partial charge in [0.05, 0.1) is 0 Å². The van der Waals surface area contributed by atoms with Gasteiger partial charge in [-0.25, -0.2) is 0 Å². The first-order chi connectivity index (χ1) is 8.18. The van der Waals surface area contributed by atoms with E-state index < -0.39 is 0 Å². The molecule has 1 aromatic carbocycles. The summed E-state index contributed by atoms with van der Waals surface area (Å²) in [5.74, 6) is 0. The zero-order valence-corrected chi connectivity index (χ0v) is 11.4. The molecule has 17 heavy (non-hydrogen) atoms. The molecule has 1 nitrogen and oxygen atoms in total. The van der Waals surface area contributed by atoms with Gasteiger partial charge in [-0.1, -0.05) is 45.0 Å². The van der Waals surface area contributed by atoms with Crippen molar-refractivity contribution in [3.05, 3.63) is 35.4 Å². The molecular formula is C16H25N. The minimum absolute atomic E-state index is 0.555. The van der Waals surface area contributed by atoms with E-state index in [-0.39, 0.29) is 0 Å². The van der Waals surface area contributed by atoms with Gasteiger partial charge < -0.3 is 5.32 Å². The van der Waals surface area contributed by atoms with E-state index in [2.05, 4.69) is 50.4 Å². The summed E-state index contributed by atoms with van der Waals surface area (Å²) in [6.07, 6.45) is 5.08. The Bertz CT molecular complexity index is 348. The first kappa shape index (κ1) is 12.6. The first-order valence-electron chi connectivity index (χ1n) is 6.99. The number of likely N-dealkylation sites (N-methyl/N-ethyl adjacent to an activating group) is 1. The minimum Gasteiger partial charge on any atom is -0.313 e. The molecule has 0 spiro atoms. The molecule has 1 fully saturated rings. The van der Waals surface area contributed by atoms with Gasteiger partial charge in [-0.05, 0) is 48.8 Å². The molecule has 0 saturated heterocycles. The predicted octanol–water partition coefficient (Wildman–Crippen LogP) is 3.57. The zero-order valence-electron chi connectivity index (χ0n) is 11.4. The molecule has 1 aliphatic rings. The molecule has 1 atom stereocenters. The maximum Gasteiger partial charge on any atom is 0.0161 e. The van der Waals surface area contributed by atoms with Crippen molar-refractivity contribution in [3.8, 4) is 0 Å². The van der Waals surface area contributed by atoms with Crippen LogP contribution in [-0.2, 0) is 12.8 Å². The zero-order chi connectivity index (χ0) is 12.3. The summed E-state index contributed by atoms with van der Waals surface area (Å²) in [7, 11) is 0. The summed E-state index contributed by atoms with van der Waals surface area (Å²) in [5, 5.41) is 3.66. The van der Waals surface area contributed by atoms with E-state index in [1.807, 2.05) is 0 Å². The van der Waals surface area contributed by atoms with Gasteiger partial charge in [0.2, 0.25) is 0 Å². The lowest BCUT2D eigenvalue weighted by atomic mass is 9.92. The number of hydrogen-bond acceptors (Lipinski definition) is 1. The van der Waals surface area contributed by atoms with Crippen molar-refractivity contribution in [2.24, 2.45) is 5.41 Å². The fraction of sp³-hybridized carbons (Fsp3) is 0.625. The Morgan fingerprint density at radius 2 is 1.71 bits per heavy atom. The first-order valence-corrected chi connectivity index (χ1v) is 6.99. The SMILES string of the molecule is CCNC(Cc1ccc(CC)cc1)C1(C)CC1. The fourth-order valence-corrected chi connectivity index (χ4v) is 2.50. The Hall–Kier alpha value is -0.820. The summed E-state index contributed by atoms with van der Waals surface area (Å²) >= 11 is 0. The van der Waals surface area contributed by atoms with Crippen LogP contribution in [0.5, 0.6) is 0 Å². The van der Waals surface area contributed by atoms with Crippen LogP contribution in [0.2, 0.25) is 0 Å². The monoisotopic (exact) mass is 231 g/mol. The average Bonchev–Trinajstić information content (AvgIpc) is 3.09. The molecule has 0 heterocycles. The van der Waals surface area contributed by atoms with E-state index in [1.54, 1.807) is 0 Å². The van der Waals surface area contributed by atoms with E-state index in [1.165, 1.54) is 30.4 Å². The van der Waals surface area contributed by atoms with Gasteiger partial charge in [-0.3, -0.25) is 0 Å². The van der Waals surface area contributed by atoms with Gasteiger partial charge in [0, 0.05) is 6.04 Å². The van der Waals surface area contributed by atoms with Gasteiger partial charge in [0.15, 0.2) is 0 Å². The van der Waals surface area contributed by atoms with E-state index in [4.69, 9.17) is 0 Å². The van der Waals surface area contributed by atoms with Crippen LogP contribution in [0.3, 0.4) is 0 Å². The van der Waals surface area contributed by atoms with Crippen molar-refractivity contribution in [3.63, 3.8) is 0 Å². The fourth-order valence-electron chi connectivity index (χ4n) is 2.50. The molecule has 0 aromatic heterocycles. The van der Waals surface area contributed by atoms with E-state index in [0.717, 1.165) is 13.0 Å². The predicted molar refractivity (Wildman–Crippen MR) is 74.3 cm³/mol. The molecule has 94 valence electrons. The molecular weight excluding hydrogens is 206 g/mol. The second kappa shape index (κ2) is 5.22. The number of nitrogens with one attached hydrogen (secondary N) is 1. The lowest BCUT2D eigenvalue weighted by molar-refractivity contribution is 0.360. The third-order valence-corrected chi connectivity index (χ3v) is 4.20. The quantitative estimate of drug-likeness (QED) is 0.789. The van der Waals surface area contributed by atoms with Gasteiger partial charge in [-0.2, -0.15) is 0 Å². The van der Waals surface area contributed by atoms with Crippen molar-refractivity contribution in [2.75, 3.05) is 6.54 Å². The maximum absolute atomic E-state index is 3.66. The number of hydrogen-bond donors (Lipinski definition) is 1. The van der Waals surface area contributed by atoms with Crippen LogP contribution in [-0.4, -0.2) is 12.6 Å². The Morgan fingerprint density at radius 3 is 2.18 bits per heavy atom. The summed E-state index contributed by atoms with van der Waals surface area (Å²) in [4.78, 5) is 0. The number of aryl methyl sites for hydroxylation is 1. The van der Waals surface area contributed by atoms with Crippen molar-refractivity contribution in [1.82, 2.24) is 5.32 Å². The molecule has 1 saturated carbocycles. The van der Waals surface area contributed by atoms with Crippen molar-refractivity contribution < 1.29 is 0 Å². The van der Waals surface area contributed by atoms with Gasteiger partial charge in [0.25, 0.3) is 0 Å². The van der Waals surface area contributed by atoms with Crippen molar-refractivity contribution in [2.45, 2.75) is 52.5 Å². The maximum atomic E-state index is 3.66. The summed E-state index contributed by atoms with van der Waals surface area (Å²) in [6, 6.07) is 9.80. The van der Waals surface area contributed by atoms with E-state index in [9.17, 15) is 0 Å². The van der Waals surface area contributed by atoms with Crippen molar-refractivity contribution in [1.29, 1.82) is 0 Å². The Kier molecular flexibility index (Phi) is 3.88. The molecule has 1 unspecified atom stereocenters. The highest BCUT2D eigenvalue weighted by Crippen LogP contribution is 2.48. The van der Waals surface area contributed by atoms with Gasteiger partial charge >= 0.3 is 0 Å². The summed E-state index contributed by atoms with van der Waals surface area (Å²) in [5.41, 5.74) is 3.46. The summed E-state index contributed by atoms with van der Waals surface area (Å²) in [6.45, 7) is 7.91. The Morgan fingerprint density at radius 1 is 1.12 bits per heavy atom. The lowest BCUT2D eigenvalue weighted by Crippen LogP contribution is -2.37. The smallest absolute Gasteiger partial charge is 0.0161 e. The normalized spacial score (nSPS) is 19.0. The minimum atomic E-state index is 0.555. The van der Waals surface area contributed by atoms with E-state index in [0.29, 0.717) is 11.5 Å². The Labute approximate surface area is 106 Å². The Balaban J connectivity index is 2.01. The molecule has 1 N–H and O–H groups in total. The molecule has 0 aliphatic heterocycles. The van der Waals surface area contributed by atoms with Crippen LogP contribution in [0.1, 0.15) is 44.7 Å². The molecule has 0 radical (unpaired) electrons. The third kappa shape index (κ3) is 3.10. The van der Waals surface area contributed by atoms with Gasteiger partial charge in [0.1, 0.15) is 0 Å². The topological polar surface area (TPSA) is 12.0 Å². The van der Waals surface area contributed by atoms with Gasteiger partial charge in [-0.15, -0.1) is 0 Å². The number of benzene rings is 1. The highest BCUT2D eigenvalue weighted by atomic mass is 14.9. The summed E-state index contributed by atoms with van der Waals surface area (Å²) < 4.78 is 0. The highest BCUT2D eigenvalue weighted by Gasteiger charge is 2.44. The number of rotatable bonds is 6. The van der Waals surface area contributed by atoms with Crippen LogP contribution in [0.25, 0.3) is 0 Å². The molecule has 1 heteroatoms. The molecule has 1 aromatic rings. The lowest BCUT2D eigenvalue weighted by Gasteiger charge is -2.24.